The van der Waals surface area contributed by atoms with Gasteiger partial charge in [0.05, 0.1) is 12.7 Å². The van der Waals surface area contributed by atoms with Crippen LogP contribution in [0, 0.1) is 0 Å². The van der Waals surface area contributed by atoms with Crippen molar-refractivity contribution in [1.82, 2.24) is 15.0 Å². The molecule has 1 aliphatic heterocycles. The van der Waals surface area contributed by atoms with Gasteiger partial charge in [-0.1, -0.05) is 42.4 Å². The summed E-state index contributed by atoms with van der Waals surface area (Å²) in [6.45, 7) is 4.04. The Morgan fingerprint density at radius 1 is 1.33 bits per heavy atom. The van der Waals surface area contributed by atoms with Crippen molar-refractivity contribution in [3.63, 3.8) is 0 Å². The van der Waals surface area contributed by atoms with Crippen molar-refractivity contribution < 1.29 is 14.1 Å². The Balaban J connectivity index is 1.49. The highest BCUT2D eigenvalue weighted by Crippen LogP contribution is 2.12. The predicted octanol–water partition coefficient (Wildman–Crippen LogP) is 2.23. The molecule has 0 unspecified atom stereocenters. The van der Waals surface area contributed by atoms with Gasteiger partial charge in [0.15, 0.2) is 5.82 Å². The molecule has 6 nitrogen and oxygen atoms in total. The van der Waals surface area contributed by atoms with Crippen LogP contribution < -0.4 is 0 Å². The molecule has 24 heavy (non-hydrogen) atoms. The highest BCUT2D eigenvalue weighted by atomic mass is 16.5. The van der Waals surface area contributed by atoms with Crippen LogP contribution in [0.5, 0.6) is 0 Å². The number of aromatic nitrogens is 2. The van der Waals surface area contributed by atoms with Crippen LogP contribution in [-0.4, -0.2) is 46.7 Å². The van der Waals surface area contributed by atoms with Gasteiger partial charge in [-0.05, 0) is 12.0 Å². The van der Waals surface area contributed by atoms with Gasteiger partial charge < -0.3 is 14.2 Å². The summed E-state index contributed by atoms with van der Waals surface area (Å²) in [6, 6.07) is 10.0. The molecule has 0 N–H and O–H groups in total. The lowest BCUT2D eigenvalue weighted by Gasteiger charge is -2.32. The molecule has 1 saturated heterocycles. The maximum atomic E-state index is 12.3. The molecule has 1 amide bonds. The molecule has 0 saturated carbocycles. The molecular weight excluding hydrogens is 306 g/mol. The van der Waals surface area contributed by atoms with Gasteiger partial charge in [0.1, 0.15) is 0 Å². The van der Waals surface area contributed by atoms with Gasteiger partial charge in [-0.2, -0.15) is 4.98 Å². The summed E-state index contributed by atoms with van der Waals surface area (Å²) >= 11 is 0. The lowest BCUT2D eigenvalue weighted by Crippen LogP contribution is -2.45. The van der Waals surface area contributed by atoms with Gasteiger partial charge in [0.2, 0.25) is 11.8 Å². The summed E-state index contributed by atoms with van der Waals surface area (Å²) in [7, 11) is 0. The summed E-state index contributed by atoms with van der Waals surface area (Å²) < 4.78 is 10.9. The van der Waals surface area contributed by atoms with Gasteiger partial charge in [-0.15, -0.1) is 0 Å². The Morgan fingerprint density at radius 2 is 2.17 bits per heavy atom. The summed E-state index contributed by atoms with van der Waals surface area (Å²) in [4.78, 5) is 18.6. The van der Waals surface area contributed by atoms with Crippen molar-refractivity contribution in [2.45, 2.75) is 38.7 Å². The summed E-state index contributed by atoms with van der Waals surface area (Å²) in [5, 5.41) is 4.00. The Bertz CT molecular complexity index is 657. The minimum absolute atomic E-state index is 0.125. The zero-order chi connectivity index (χ0) is 16.8. The second-order valence-electron chi connectivity index (χ2n) is 6.01. The third kappa shape index (κ3) is 4.41. The first-order valence-electron chi connectivity index (χ1n) is 8.49. The predicted molar refractivity (Wildman–Crippen MR) is 88.5 cm³/mol. The molecule has 0 aliphatic carbocycles. The van der Waals surface area contributed by atoms with Gasteiger partial charge in [-0.25, -0.2) is 0 Å². The number of nitrogens with zero attached hydrogens (tertiary/aromatic N) is 3. The fourth-order valence-corrected chi connectivity index (χ4v) is 2.81. The molecule has 1 aliphatic rings. The van der Waals surface area contributed by atoms with E-state index in [9.17, 15) is 4.79 Å². The molecule has 1 aromatic carbocycles. The zero-order valence-electron chi connectivity index (χ0n) is 14.0. The SMILES string of the molecule is CC[C@H]1CN(C(=O)CCc2nc(Cc3ccccc3)no2)CCO1. The number of benzene rings is 1. The highest BCUT2D eigenvalue weighted by Gasteiger charge is 2.23. The first-order valence-corrected chi connectivity index (χ1v) is 8.49. The minimum atomic E-state index is 0.125. The maximum absolute atomic E-state index is 12.3. The van der Waals surface area contributed by atoms with E-state index >= 15 is 0 Å². The fraction of sp³-hybridized carbons (Fsp3) is 0.500. The molecule has 1 fully saturated rings. The van der Waals surface area contributed by atoms with Crippen LogP contribution in [0.2, 0.25) is 0 Å². The largest absolute Gasteiger partial charge is 0.375 e. The Kier molecular flexibility index (Phi) is 5.59. The van der Waals surface area contributed by atoms with E-state index < -0.39 is 0 Å². The summed E-state index contributed by atoms with van der Waals surface area (Å²) in [5.74, 6) is 1.30. The molecule has 2 aromatic rings. The number of hydrogen-bond acceptors (Lipinski definition) is 5. The van der Waals surface area contributed by atoms with Crippen LogP contribution in [0.1, 0.15) is 37.0 Å². The lowest BCUT2D eigenvalue weighted by molar-refractivity contribution is -0.138. The number of ether oxygens (including phenoxy) is 1. The van der Waals surface area contributed by atoms with Crippen LogP contribution in [0.4, 0.5) is 0 Å². The van der Waals surface area contributed by atoms with E-state index in [-0.39, 0.29) is 12.0 Å². The molecule has 1 atom stereocenters. The highest BCUT2D eigenvalue weighted by molar-refractivity contribution is 5.76. The van der Waals surface area contributed by atoms with Gasteiger partial charge in [0.25, 0.3) is 0 Å². The minimum Gasteiger partial charge on any atom is -0.375 e. The molecule has 2 heterocycles. The Labute approximate surface area is 141 Å². The topological polar surface area (TPSA) is 68.5 Å². The second kappa shape index (κ2) is 8.06. The van der Waals surface area contributed by atoms with Crippen molar-refractivity contribution in [3.8, 4) is 0 Å². The number of carbonyl (C=O) groups excluding carboxylic acids is 1. The Hall–Kier alpha value is -2.21. The Morgan fingerprint density at radius 3 is 2.96 bits per heavy atom. The van der Waals surface area contributed by atoms with Crippen LogP contribution in [0.25, 0.3) is 0 Å². The average molecular weight is 329 g/mol. The standard InChI is InChI=1S/C18H23N3O3/c1-2-15-13-21(10-11-23-15)18(22)9-8-17-19-16(20-24-17)12-14-6-4-3-5-7-14/h3-7,15H,2,8-13H2,1H3/t15-/m0/s1. The average Bonchev–Trinajstić information content (AvgIpc) is 3.08. The molecular formula is C18H23N3O3. The van der Waals surface area contributed by atoms with E-state index in [2.05, 4.69) is 17.1 Å². The first kappa shape index (κ1) is 16.6. The number of hydrogen-bond donors (Lipinski definition) is 0. The molecule has 0 spiro atoms. The number of amides is 1. The maximum Gasteiger partial charge on any atom is 0.227 e. The number of aryl methyl sites for hydroxylation is 1. The van der Waals surface area contributed by atoms with E-state index in [1.54, 1.807) is 0 Å². The quantitative estimate of drug-likeness (QED) is 0.813. The molecule has 6 heteroatoms. The van der Waals surface area contributed by atoms with Crippen molar-refractivity contribution in [2.75, 3.05) is 19.7 Å². The number of rotatable bonds is 6. The van der Waals surface area contributed by atoms with Crippen LogP contribution in [0.15, 0.2) is 34.9 Å². The van der Waals surface area contributed by atoms with Crippen LogP contribution >= 0.6 is 0 Å². The number of morpholine rings is 1. The normalized spacial score (nSPS) is 17.9. The molecule has 1 aromatic heterocycles. The van der Waals surface area contributed by atoms with Crippen molar-refractivity contribution in [3.05, 3.63) is 47.6 Å². The van der Waals surface area contributed by atoms with E-state index in [1.807, 2.05) is 35.2 Å². The van der Waals surface area contributed by atoms with Crippen molar-refractivity contribution in [2.24, 2.45) is 0 Å². The fourth-order valence-electron chi connectivity index (χ4n) is 2.81. The second-order valence-corrected chi connectivity index (χ2v) is 6.01. The smallest absolute Gasteiger partial charge is 0.227 e. The monoisotopic (exact) mass is 329 g/mol. The summed E-state index contributed by atoms with van der Waals surface area (Å²) in [6.07, 6.45) is 2.59. The van der Waals surface area contributed by atoms with Crippen molar-refractivity contribution in [1.29, 1.82) is 0 Å². The zero-order valence-corrected chi connectivity index (χ0v) is 14.0. The lowest BCUT2D eigenvalue weighted by atomic mass is 10.1. The molecule has 0 bridgehead atoms. The number of carbonyl (C=O) groups is 1. The first-order chi connectivity index (χ1) is 11.7. The molecule has 0 radical (unpaired) electrons. The van der Waals surface area contributed by atoms with Gasteiger partial charge in [0, 0.05) is 32.4 Å². The molecule has 3 rings (SSSR count). The van der Waals surface area contributed by atoms with E-state index in [0.717, 1.165) is 12.0 Å². The van der Waals surface area contributed by atoms with Gasteiger partial charge >= 0.3 is 0 Å². The summed E-state index contributed by atoms with van der Waals surface area (Å²) in [5.41, 5.74) is 1.14. The van der Waals surface area contributed by atoms with E-state index in [0.29, 0.717) is 50.7 Å². The third-order valence-corrected chi connectivity index (χ3v) is 4.21. The van der Waals surface area contributed by atoms with Crippen molar-refractivity contribution >= 4 is 5.91 Å². The molecule has 128 valence electrons. The van der Waals surface area contributed by atoms with Gasteiger partial charge in [-0.3, -0.25) is 4.79 Å². The van der Waals surface area contributed by atoms with Crippen LogP contribution in [-0.2, 0) is 22.4 Å². The van der Waals surface area contributed by atoms with E-state index in [1.165, 1.54) is 0 Å². The van der Waals surface area contributed by atoms with Crippen LogP contribution in [0.3, 0.4) is 0 Å². The third-order valence-electron chi connectivity index (χ3n) is 4.21. The van der Waals surface area contributed by atoms with E-state index in [4.69, 9.17) is 9.26 Å².